The number of benzene rings is 3. The number of nitrogens with zero attached hydrogens (tertiary/aromatic N) is 3. The summed E-state index contributed by atoms with van der Waals surface area (Å²) >= 11 is 18.2. The average Bonchev–Trinajstić information content (AvgIpc) is 2.83. The van der Waals surface area contributed by atoms with E-state index in [1.807, 2.05) is 0 Å². The third-order valence-corrected chi connectivity index (χ3v) is 6.54. The van der Waals surface area contributed by atoms with Crippen LogP contribution in [0.5, 0.6) is 0 Å². The second kappa shape index (κ2) is 9.62. The molecule has 1 aromatic heterocycles. The molecule has 174 valence electrons. The fraction of sp³-hybridized carbons (Fsp3) is 0.125. The van der Waals surface area contributed by atoms with Crippen LogP contribution >= 0.6 is 34.8 Å². The number of carbonyl (C=O) groups excluding carboxylic acids is 1. The van der Waals surface area contributed by atoms with E-state index in [1.165, 1.54) is 27.7 Å². The van der Waals surface area contributed by atoms with Crippen molar-refractivity contribution in [3.63, 3.8) is 0 Å². The zero-order valence-corrected chi connectivity index (χ0v) is 20.3. The highest BCUT2D eigenvalue weighted by molar-refractivity contribution is 6.44. The molecule has 0 bridgehead atoms. The summed E-state index contributed by atoms with van der Waals surface area (Å²) in [5.74, 6) is -0.349. The van der Waals surface area contributed by atoms with Crippen molar-refractivity contribution in [2.24, 2.45) is 0 Å². The minimum atomic E-state index is -0.681. The highest BCUT2D eigenvalue weighted by Crippen LogP contribution is 2.30. The molecule has 0 aliphatic rings. The Balaban J connectivity index is 1.80. The van der Waals surface area contributed by atoms with Crippen molar-refractivity contribution in [2.45, 2.75) is 13.0 Å². The Morgan fingerprint density at radius 1 is 1.06 bits per heavy atom. The number of halogens is 4. The lowest BCUT2D eigenvalue weighted by Gasteiger charge is -2.27. The van der Waals surface area contributed by atoms with Gasteiger partial charge in [-0.25, -0.2) is 14.2 Å². The number of amides is 2. The molecule has 1 atom stereocenters. The van der Waals surface area contributed by atoms with Gasteiger partial charge in [-0.15, -0.1) is 0 Å². The van der Waals surface area contributed by atoms with Crippen LogP contribution in [0.25, 0.3) is 16.6 Å². The standard InChI is InChI=1S/C24H18Cl3FN4O2/c1-13(31(2)24(34)30-20-9-5-7-16(25)21(20)27)22-29-19-8-4-3-6-15(19)23(33)32(22)14-10-11-18(28)17(26)12-14/h3-13H,1-2H3,(H,30,34). The van der Waals surface area contributed by atoms with E-state index in [1.54, 1.807) is 56.4 Å². The van der Waals surface area contributed by atoms with Gasteiger partial charge in [-0.3, -0.25) is 9.36 Å². The average molecular weight is 520 g/mol. The zero-order valence-electron chi connectivity index (χ0n) is 18.0. The van der Waals surface area contributed by atoms with Gasteiger partial charge in [0.15, 0.2) is 0 Å². The molecule has 0 fully saturated rings. The highest BCUT2D eigenvalue weighted by Gasteiger charge is 2.25. The maximum Gasteiger partial charge on any atom is 0.322 e. The maximum atomic E-state index is 13.8. The molecule has 0 aliphatic heterocycles. The van der Waals surface area contributed by atoms with Gasteiger partial charge in [-0.05, 0) is 49.4 Å². The monoisotopic (exact) mass is 518 g/mol. The van der Waals surface area contributed by atoms with Crippen LogP contribution < -0.4 is 10.9 Å². The molecule has 1 heterocycles. The minimum absolute atomic E-state index is 0.141. The molecule has 10 heteroatoms. The fourth-order valence-electron chi connectivity index (χ4n) is 3.46. The Morgan fingerprint density at radius 2 is 1.79 bits per heavy atom. The Morgan fingerprint density at radius 3 is 2.53 bits per heavy atom. The largest absolute Gasteiger partial charge is 0.322 e. The molecule has 1 unspecified atom stereocenters. The summed E-state index contributed by atoms with van der Waals surface area (Å²) < 4.78 is 15.1. The summed E-state index contributed by atoms with van der Waals surface area (Å²) in [5, 5.41) is 3.45. The van der Waals surface area contributed by atoms with Crippen LogP contribution in [-0.4, -0.2) is 27.5 Å². The molecular formula is C24H18Cl3FN4O2. The van der Waals surface area contributed by atoms with Crippen LogP contribution in [0.4, 0.5) is 14.9 Å². The first kappa shape index (κ1) is 24.0. The van der Waals surface area contributed by atoms with Gasteiger partial charge in [0.1, 0.15) is 11.6 Å². The van der Waals surface area contributed by atoms with Gasteiger partial charge in [0.25, 0.3) is 5.56 Å². The molecule has 2 amide bonds. The van der Waals surface area contributed by atoms with Gasteiger partial charge in [-0.2, -0.15) is 0 Å². The first-order chi connectivity index (χ1) is 16.2. The van der Waals surface area contributed by atoms with Crippen LogP contribution in [-0.2, 0) is 0 Å². The van der Waals surface area contributed by atoms with Crippen molar-refractivity contribution in [1.29, 1.82) is 0 Å². The van der Waals surface area contributed by atoms with Gasteiger partial charge in [-0.1, -0.05) is 53.0 Å². The van der Waals surface area contributed by atoms with Gasteiger partial charge >= 0.3 is 6.03 Å². The first-order valence-electron chi connectivity index (χ1n) is 10.1. The van der Waals surface area contributed by atoms with E-state index in [-0.39, 0.29) is 21.4 Å². The summed E-state index contributed by atoms with van der Waals surface area (Å²) in [7, 11) is 1.56. The molecule has 0 saturated carbocycles. The van der Waals surface area contributed by atoms with E-state index >= 15 is 0 Å². The van der Waals surface area contributed by atoms with Crippen LogP contribution in [0.2, 0.25) is 15.1 Å². The number of hydrogen-bond donors (Lipinski definition) is 1. The molecular weight excluding hydrogens is 502 g/mol. The molecule has 0 saturated heterocycles. The van der Waals surface area contributed by atoms with Crippen LogP contribution in [0, 0.1) is 5.82 Å². The molecule has 4 rings (SSSR count). The summed E-state index contributed by atoms with van der Waals surface area (Å²) in [4.78, 5) is 32.5. The number of nitrogens with one attached hydrogen (secondary N) is 1. The van der Waals surface area contributed by atoms with Gasteiger partial charge in [0.05, 0.1) is 43.4 Å². The topological polar surface area (TPSA) is 67.2 Å². The first-order valence-corrected chi connectivity index (χ1v) is 11.3. The number of anilines is 1. The summed E-state index contributed by atoms with van der Waals surface area (Å²) in [6.45, 7) is 1.72. The van der Waals surface area contributed by atoms with Crippen LogP contribution in [0.15, 0.2) is 65.5 Å². The molecule has 0 radical (unpaired) electrons. The third-order valence-electron chi connectivity index (χ3n) is 5.43. The number of urea groups is 1. The zero-order chi connectivity index (χ0) is 24.6. The van der Waals surface area contributed by atoms with Crippen LogP contribution in [0.1, 0.15) is 18.8 Å². The van der Waals surface area contributed by atoms with Gasteiger partial charge in [0.2, 0.25) is 0 Å². The SMILES string of the molecule is CC(c1nc2ccccc2c(=O)n1-c1ccc(F)c(Cl)c1)N(C)C(=O)Nc1cccc(Cl)c1Cl. The molecule has 0 spiro atoms. The summed E-state index contributed by atoms with van der Waals surface area (Å²) in [6, 6.07) is 14.5. The number of hydrogen-bond acceptors (Lipinski definition) is 3. The Bertz CT molecular complexity index is 1470. The maximum absolute atomic E-state index is 13.8. The lowest BCUT2D eigenvalue weighted by Crippen LogP contribution is -2.37. The lowest BCUT2D eigenvalue weighted by molar-refractivity contribution is 0.205. The van der Waals surface area contributed by atoms with Crippen molar-refractivity contribution in [3.05, 3.63) is 97.7 Å². The number of aromatic nitrogens is 2. The molecule has 3 aromatic carbocycles. The summed E-state index contributed by atoms with van der Waals surface area (Å²) in [5.41, 5.74) is 0.753. The second-order valence-corrected chi connectivity index (χ2v) is 8.74. The van der Waals surface area contributed by atoms with E-state index in [0.29, 0.717) is 27.3 Å². The van der Waals surface area contributed by atoms with E-state index in [9.17, 15) is 14.0 Å². The number of fused-ring (bicyclic) bond motifs is 1. The lowest BCUT2D eigenvalue weighted by atomic mass is 10.2. The van der Waals surface area contributed by atoms with Crippen molar-refractivity contribution >= 4 is 57.4 Å². The molecule has 34 heavy (non-hydrogen) atoms. The number of carbonyl (C=O) groups is 1. The number of rotatable bonds is 4. The fourth-order valence-corrected chi connectivity index (χ4v) is 3.98. The van der Waals surface area contributed by atoms with E-state index in [4.69, 9.17) is 34.8 Å². The minimum Gasteiger partial charge on any atom is -0.318 e. The smallest absolute Gasteiger partial charge is 0.318 e. The highest BCUT2D eigenvalue weighted by atomic mass is 35.5. The Kier molecular flexibility index (Phi) is 6.79. The Labute approximate surface area is 209 Å². The normalized spacial score (nSPS) is 11.9. The molecule has 0 aliphatic carbocycles. The van der Waals surface area contributed by atoms with Crippen molar-refractivity contribution in [3.8, 4) is 5.69 Å². The predicted octanol–water partition coefficient (Wildman–Crippen LogP) is 6.71. The van der Waals surface area contributed by atoms with E-state index in [0.717, 1.165) is 0 Å². The van der Waals surface area contributed by atoms with Crippen molar-refractivity contribution in [2.75, 3.05) is 12.4 Å². The second-order valence-electron chi connectivity index (χ2n) is 7.54. The third kappa shape index (κ3) is 4.46. The van der Waals surface area contributed by atoms with Gasteiger partial charge in [0, 0.05) is 7.05 Å². The van der Waals surface area contributed by atoms with E-state index in [2.05, 4.69) is 10.3 Å². The quantitative estimate of drug-likeness (QED) is 0.326. The molecule has 4 aromatic rings. The predicted molar refractivity (Wildman–Crippen MR) is 134 cm³/mol. The molecule has 6 nitrogen and oxygen atoms in total. The van der Waals surface area contributed by atoms with E-state index < -0.39 is 17.9 Å². The Hall–Kier alpha value is -3.13. The summed E-state index contributed by atoms with van der Waals surface area (Å²) in [6.07, 6.45) is 0. The van der Waals surface area contributed by atoms with Crippen LogP contribution in [0.3, 0.4) is 0 Å². The number of para-hydroxylation sites is 1. The van der Waals surface area contributed by atoms with Crippen molar-refractivity contribution in [1.82, 2.24) is 14.5 Å². The van der Waals surface area contributed by atoms with Crippen molar-refractivity contribution < 1.29 is 9.18 Å². The molecule has 1 N–H and O–H groups in total. The van der Waals surface area contributed by atoms with Gasteiger partial charge < -0.3 is 10.2 Å².